The zero-order chi connectivity index (χ0) is 28.9. The maximum Gasteiger partial charge on any atom is 0.303 e. The van der Waals surface area contributed by atoms with E-state index < -0.39 is 24.0 Å². The normalized spacial score (nSPS) is 9.31. The summed E-state index contributed by atoms with van der Waals surface area (Å²) in [4.78, 5) is 31.6. The van der Waals surface area contributed by atoms with Gasteiger partial charge in [0.25, 0.3) is 0 Å². The third-order valence-corrected chi connectivity index (χ3v) is 2.76. The van der Waals surface area contributed by atoms with Crippen LogP contribution in [-0.4, -0.2) is 37.2 Å². The molecule has 0 amide bonds. The van der Waals surface area contributed by atoms with E-state index in [-0.39, 0.29) is 13.2 Å². The molecule has 35 heavy (non-hydrogen) atoms. The van der Waals surface area contributed by atoms with Crippen LogP contribution in [-0.2, 0) is 28.6 Å². The summed E-state index contributed by atoms with van der Waals surface area (Å²) >= 11 is 0. The van der Waals surface area contributed by atoms with Gasteiger partial charge in [-0.3, -0.25) is 14.4 Å². The molecule has 0 saturated carbocycles. The van der Waals surface area contributed by atoms with Gasteiger partial charge in [-0.1, -0.05) is 90.2 Å². The highest BCUT2D eigenvalue weighted by molar-refractivity contribution is 5.67. The lowest BCUT2D eigenvalue weighted by molar-refractivity contribution is -0.163. The molecule has 0 aliphatic heterocycles. The van der Waals surface area contributed by atoms with E-state index in [0.717, 1.165) is 12.8 Å². The molecule has 0 radical (unpaired) electrons. The molecule has 6 heteroatoms. The Morgan fingerprint density at radius 3 is 0.971 bits per heavy atom. The first-order chi connectivity index (χ1) is 16.7. The largest absolute Gasteiger partial charge is 0.462 e. The fraction of sp³-hybridized carbons (Fsp3) is 0.621. The van der Waals surface area contributed by atoms with E-state index in [1.54, 1.807) is 0 Å². The van der Waals surface area contributed by atoms with Gasteiger partial charge < -0.3 is 14.2 Å². The molecule has 0 aromatic rings. The first kappa shape index (κ1) is 45.8. The van der Waals surface area contributed by atoms with Crippen molar-refractivity contribution in [1.29, 1.82) is 0 Å². The van der Waals surface area contributed by atoms with Crippen LogP contribution in [0.15, 0.2) is 48.6 Å². The summed E-state index contributed by atoms with van der Waals surface area (Å²) in [7, 11) is 0. The van der Waals surface area contributed by atoms with E-state index >= 15 is 0 Å². The third kappa shape index (κ3) is 72.1. The summed E-state index contributed by atoms with van der Waals surface area (Å²) in [5.74, 6) is -1.51. The second-order valence-corrected chi connectivity index (χ2v) is 5.58. The lowest BCUT2D eigenvalue weighted by Crippen LogP contribution is -2.29. The maximum absolute atomic E-state index is 10.6. The Labute approximate surface area is 217 Å². The van der Waals surface area contributed by atoms with Gasteiger partial charge in [0.15, 0.2) is 6.10 Å². The fourth-order valence-electron chi connectivity index (χ4n) is 1.47. The summed E-state index contributed by atoms with van der Waals surface area (Å²) in [6, 6.07) is 0. The van der Waals surface area contributed by atoms with Crippen molar-refractivity contribution in [1.82, 2.24) is 0 Å². The smallest absolute Gasteiger partial charge is 0.303 e. The topological polar surface area (TPSA) is 78.9 Å². The molecule has 0 aromatic heterocycles. The molecule has 0 unspecified atom stereocenters. The zero-order valence-electron chi connectivity index (χ0n) is 25.0. The van der Waals surface area contributed by atoms with Crippen molar-refractivity contribution < 1.29 is 28.6 Å². The molecule has 0 fully saturated rings. The van der Waals surface area contributed by atoms with Crippen molar-refractivity contribution >= 4 is 17.9 Å². The van der Waals surface area contributed by atoms with Crippen molar-refractivity contribution in [3.63, 3.8) is 0 Å². The van der Waals surface area contributed by atoms with Gasteiger partial charge in [0.2, 0.25) is 0 Å². The Kier molecular flexibility index (Phi) is 63.8. The van der Waals surface area contributed by atoms with Gasteiger partial charge in [-0.05, 0) is 40.5 Å². The van der Waals surface area contributed by atoms with Crippen molar-refractivity contribution in [2.75, 3.05) is 13.2 Å². The SMILES string of the molecule is C/C=C\C/C=C\C.C/C=C\C/C=C\C.CC.CC.CC.CC(=O)OCC(COC(C)=O)OC(C)=O. The second-order valence-electron chi connectivity index (χ2n) is 5.58. The highest BCUT2D eigenvalue weighted by Crippen LogP contribution is 1.97. The molecule has 208 valence electrons. The summed E-state index contributed by atoms with van der Waals surface area (Å²) in [6.07, 6.45) is 18.1. The van der Waals surface area contributed by atoms with Gasteiger partial charge in [0.05, 0.1) is 0 Å². The van der Waals surface area contributed by atoms with Gasteiger partial charge in [-0.15, -0.1) is 0 Å². The maximum atomic E-state index is 10.6. The Morgan fingerprint density at radius 1 is 0.543 bits per heavy atom. The summed E-state index contributed by atoms with van der Waals surface area (Å²) in [5.41, 5.74) is 0. The second kappa shape index (κ2) is 48.7. The summed E-state index contributed by atoms with van der Waals surface area (Å²) in [5, 5.41) is 0. The molecule has 0 N–H and O–H groups in total. The molecule has 6 nitrogen and oxygen atoms in total. The van der Waals surface area contributed by atoms with E-state index in [1.165, 1.54) is 20.8 Å². The lowest BCUT2D eigenvalue weighted by atomic mass is 10.3. The fourth-order valence-corrected chi connectivity index (χ4v) is 1.47. The number of hydrogen-bond donors (Lipinski definition) is 0. The number of esters is 3. The molecule has 0 aliphatic rings. The monoisotopic (exact) mass is 500 g/mol. The first-order valence-corrected chi connectivity index (χ1v) is 12.6. The van der Waals surface area contributed by atoms with E-state index in [2.05, 4.69) is 58.1 Å². The Bertz CT molecular complexity index is 471. The zero-order valence-corrected chi connectivity index (χ0v) is 25.0. The molecule has 0 heterocycles. The summed E-state index contributed by atoms with van der Waals surface area (Å²) in [6.45, 7) is 23.6. The van der Waals surface area contributed by atoms with E-state index in [4.69, 9.17) is 4.74 Å². The van der Waals surface area contributed by atoms with E-state index in [9.17, 15) is 14.4 Å². The van der Waals surface area contributed by atoms with Crippen LogP contribution in [0.3, 0.4) is 0 Å². The van der Waals surface area contributed by atoms with Gasteiger partial charge in [-0.25, -0.2) is 0 Å². The number of carbonyl (C=O) groups is 3. The van der Waals surface area contributed by atoms with Crippen LogP contribution in [0.25, 0.3) is 0 Å². The van der Waals surface area contributed by atoms with Crippen LogP contribution in [0.4, 0.5) is 0 Å². The van der Waals surface area contributed by atoms with Crippen LogP contribution in [0, 0.1) is 0 Å². The number of ether oxygens (including phenoxy) is 3. The molecular formula is C29H56O6. The predicted molar refractivity (Wildman–Crippen MR) is 151 cm³/mol. The average molecular weight is 501 g/mol. The Hall–Kier alpha value is -2.63. The highest BCUT2D eigenvalue weighted by atomic mass is 16.6. The van der Waals surface area contributed by atoms with Crippen LogP contribution >= 0.6 is 0 Å². The quantitative estimate of drug-likeness (QED) is 0.180. The van der Waals surface area contributed by atoms with Gasteiger partial charge in [0.1, 0.15) is 13.2 Å². The van der Waals surface area contributed by atoms with Gasteiger partial charge in [0, 0.05) is 20.8 Å². The van der Waals surface area contributed by atoms with Crippen LogP contribution in [0.5, 0.6) is 0 Å². The highest BCUT2D eigenvalue weighted by Gasteiger charge is 2.15. The van der Waals surface area contributed by atoms with Crippen molar-refractivity contribution in [2.45, 2.75) is 109 Å². The van der Waals surface area contributed by atoms with Crippen molar-refractivity contribution in [2.24, 2.45) is 0 Å². The van der Waals surface area contributed by atoms with Crippen molar-refractivity contribution in [3.05, 3.63) is 48.6 Å². The minimum Gasteiger partial charge on any atom is -0.462 e. The number of rotatable bonds is 9. The van der Waals surface area contributed by atoms with Crippen LogP contribution in [0.2, 0.25) is 0 Å². The molecule has 0 rings (SSSR count). The number of hydrogen-bond acceptors (Lipinski definition) is 6. The predicted octanol–water partition coefficient (Wildman–Crippen LogP) is 8.18. The molecule has 0 aliphatic carbocycles. The molecular weight excluding hydrogens is 444 g/mol. The number of allylic oxidation sites excluding steroid dienone is 8. The van der Waals surface area contributed by atoms with Crippen LogP contribution in [0.1, 0.15) is 103 Å². The average Bonchev–Trinajstić information content (AvgIpc) is 2.86. The standard InChI is InChI=1S/C9H14O6.2C7H12.3C2H6/c1-6(10)13-4-9(15-8(3)12)5-14-7(2)11;2*1-3-5-7-6-4-2;3*1-2/h9H,4-5H2,1-3H3;2*3-6H,7H2,1-2H3;3*1-2H3/b;2*5-3-,6-4-;;;. The van der Waals surface area contributed by atoms with E-state index in [1.807, 2.05) is 69.2 Å². The molecule has 0 bridgehead atoms. The number of carbonyl (C=O) groups excluding carboxylic acids is 3. The van der Waals surface area contributed by atoms with Gasteiger partial charge >= 0.3 is 17.9 Å². The molecule has 0 saturated heterocycles. The van der Waals surface area contributed by atoms with E-state index in [0.29, 0.717) is 0 Å². The van der Waals surface area contributed by atoms with Crippen LogP contribution < -0.4 is 0 Å². The first-order valence-electron chi connectivity index (χ1n) is 12.6. The van der Waals surface area contributed by atoms with Gasteiger partial charge in [-0.2, -0.15) is 0 Å². The third-order valence-electron chi connectivity index (χ3n) is 2.76. The lowest BCUT2D eigenvalue weighted by Gasteiger charge is -2.15. The molecule has 0 atom stereocenters. The molecule has 0 aromatic carbocycles. The van der Waals surface area contributed by atoms with Crippen molar-refractivity contribution in [3.8, 4) is 0 Å². The molecule has 0 spiro atoms. The minimum absolute atomic E-state index is 0.123. The Morgan fingerprint density at radius 2 is 0.800 bits per heavy atom. The summed E-state index contributed by atoms with van der Waals surface area (Å²) < 4.78 is 14.0. The Balaban J connectivity index is -0.0000000884. The minimum atomic E-state index is -0.754.